The number of esters is 1. The average Bonchev–Trinajstić information content (AvgIpc) is 2.59. The van der Waals surface area contributed by atoms with Gasteiger partial charge in [0.05, 0.1) is 7.11 Å². The predicted molar refractivity (Wildman–Crippen MR) is 57.0 cm³/mol. The molecule has 0 N–H and O–H groups in total. The SMILES string of the molecule is [CH2-]C(=O)OC.[Cl][Ti]([Cl])[Cl].c1cc[cH-]c1. The first-order valence-electron chi connectivity index (χ1n) is 3.40. The molecule has 0 amide bonds. The van der Waals surface area contributed by atoms with Gasteiger partial charge in [-0.15, -0.1) is 0 Å². The van der Waals surface area contributed by atoms with E-state index in [4.69, 9.17) is 27.9 Å². The van der Waals surface area contributed by atoms with Gasteiger partial charge >= 0.3 is 42.6 Å². The van der Waals surface area contributed by atoms with Crippen molar-refractivity contribution in [2.45, 2.75) is 0 Å². The Labute approximate surface area is 102 Å². The Morgan fingerprint density at radius 2 is 1.64 bits per heavy atom. The van der Waals surface area contributed by atoms with E-state index in [9.17, 15) is 4.79 Å². The predicted octanol–water partition coefficient (Wildman–Crippen LogP) is 3.46. The summed E-state index contributed by atoms with van der Waals surface area (Å²) in [6, 6.07) is 10.0. The number of methoxy groups -OCH3 is 1. The second-order valence-electron chi connectivity index (χ2n) is 1.75. The monoisotopic (exact) mass is 291 g/mol. The van der Waals surface area contributed by atoms with Gasteiger partial charge < -0.3 is 4.74 Å². The van der Waals surface area contributed by atoms with Gasteiger partial charge in [-0.05, 0) is 0 Å². The summed E-state index contributed by atoms with van der Waals surface area (Å²) >= 11 is -1.92. The molecule has 0 bridgehead atoms. The number of hydrogen-bond acceptors (Lipinski definition) is 2. The molecule has 14 heavy (non-hydrogen) atoms. The minimum absolute atomic E-state index is 0.495. The molecule has 81 valence electrons. The maximum Gasteiger partial charge on any atom is -0.172 e. The summed E-state index contributed by atoms with van der Waals surface area (Å²) in [6.45, 7) is 2.90. The third-order valence-electron chi connectivity index (χ3n) is 0.783. The van der Waals surface area contributed by atoms with Gasteiger partial charge in [0, 0.05) is 0 Å². The van der Waals surface area contributed by atoms with E-state index in [1.54, 1.807) is 0 Å². The summed E-state index contributed by atoms with van der Waals surface area (Å²) in [6.07, 6.45) is 0. The summed E-state index contributed by atoms with van der Waals surface area (Å²) in [4.78, 5) is 9.48. The van der Waals surface area contributed by atoms with E-state index in [2.05, 4.69) is 11.7 Å². The first kappa shape index (κ1) is 16.7. The molecule has 0 atom stereocenters. The molecule has 0 radical (unpaired) electrons. The second kappa shape index (κ2) is 13.3. The van der Waals surface area contributed by atoms with Crippen LogP contribution in [0.15, 0.2) is 30.3 Å². The molecular weight excluding hydrogens is 282 g/mol. The first-order valence-corrected chi connectivity index (χ1v) is 9.85. The Morgan fingerprint density at radius 1 is 1.36 bits per heavy atom. The average molecular weight is 292 g/mol. The molecule has 0 saturated carbocycles. The van der Waals surface area contributed by atoms with E-state index in [1.165, 1.54) is 7.11 Å². The summed E-state index contributed by atoms with van der Waals surface area (Å²) in [5.74, 6) is -0.495. The molecule has 0 aliphatic carbocycles. The van der Waals surface area contributed by atoms with E-state index >= 15 is 0 Å². The number of carbonyl (C=O) groups is 1. The van der Waals surface area contributed by atoms with Crippen molar-refractivity contribution in [3.63, 3.8) is 0 Å². The molecule has 1 aromatic carbocycles. The molecule has 0 aromatic heterocycles. The standard InChI is InChI=1S/C5H5.C3H5O2.3ClH.Ti/c1-2-4-5-3-1;1-3(4)5-2;;;;/h1-5H;1H2,2H3;3*1H;/q2*-1;;;;+3/p-3. The molecular formula is C8H10Cl3O2Ti-2. The zero-order chi connectivity index (χ0) is 11.4. The van der Waals surface area contributed by atoms with Crippen molar-refractivity contribution >= 4 is 33.9 Å². The van der Waals surface area contributed by atoms with E-state index in [0.29, 0.717) is 0 Å². The topological polar surface area (TPSA) is 26.3 Å². The minimum Gasteiger partial charge on any atom is -0.214 e. The summed E-state index contributed by atoms with van der Waals surface area (Å²) in [7, 11) is 16.2. The maximum absolute atomic E-state index is 9.48. The smallest absolute Gasteiger partial charge is 0.172 e. The van der Waals surface area contributed by atoms with Crippen molar-refractivity contribution < 1.29 is 24.2 Å². The van der Waals surface area contributed by atoms with Gasteiger partial charge in [0.25, 0.3) is 0 Å². The molecule has 0 aliphatic heterocycles. The zero-order valence-corrected chi connectivity index (χ0v) is 11.4. The molecule has 0 spiro atoms. The van der Waals surface area contributed by atoms with E-state index in [1.807, 2.05) is 30.3 Å². The molecule has 6 heteroatoms. The molecule has 0 aliphatic rings. The van der Waals surface area contributed by atoms with Crippen molar-refractivity contribution in [3.05, 3.63) is 37.3 Å². The van der Waals surface area contributed by atoms with Crippen LogP contribution in [0.5, 0.6) is 0 Å². The number of halogens is 3. The van der Waals surface area contributed by atoms with Crippen LogP contribution in [-0.4, -0.2) is 13.1 Å². The molecule has 0 heterocycles. The molecule has 2 nitrogen and oxygen atoms in total. The second-order valence-corrected chi connectivity index (χ2v) is 9.49. The molecule has 1 aromatic rings. The number of rotatable bonds is 0. The van der Waals surface area contributed by atoms with Crippen molar-refractivity contribution in [3.8, 4) is 0 Å². The fraction of sp³-hybridized carbons (Fsp3) is 0.125. The third kappa shape index (κ3) is 29.5. The quantitative estimate of drug-likeness (QED) is 0.416. The summed E-state index contributed by atoms with van der Waals surface area (Å²) in [5, 5.41) is 0. The largest absolute Gasteiger partial charge is 0.214 e. The van der Waals surface area contributed by atoms with Crippen LogP contribution in [0.3, 0.4) is 0 Å². The van der Waals surface area contributed by atoms with Gasteiger partial charge in [-0.2, -0.15) is 18.2 Å². The van der Waals surface area contributed by atoms with Crippen LogP contribution in [0.25, 0.3) is 0 Å². The number of ether oxygens (including phenoxy) is 1. The van der Waals surface area contributed by atoms with Gasteiger partial charge in [-0.25, -0.2) is 12.1 Å². The van der Waals surface area contributed by atoms with Crippen LogP contribution in [0.4, 0.5) is 0 Å². The normalized spacial score (nSPS) is 7.14. The van der Waals surface area contributed by atoms with Gasteiger partial charge in [-0.3, -0.25) is 11.7 Å². The van der Waals surface area contributed by atoms with Crippen LogP contribution in [0, 0.1) is 6.92 Å². The fourth-order valence-corrected chi connectivity index (χ4v) is 0.321. The van der Waals surface area contributed by atoms with E-state index in [0.717, 1.165) is 0 Å². The van der Waals surface area contributed by atoms with Crippen LogP contribution < -0.4 is 0 Å². The fourth-order valence-electron chi connectivity index (χ4n) is 0.321. The van der Waals surface area contributed by atoms with Gasteiger partial charge in [-0.1, -0.05) is 0 Å². The number of carbonyl (C=O) groups excluding carboxylic acids is 1. The van der Waals surface area contributed by atoms with Crippen molar-refractivity contribution in [2.24, 2.45) is 0 Å². The Balaban J connectivity index is 0. The van der Waals surface area contributed by atoms with Gasteiger partial charge in [0.1, 0.15) is 0 Å². The van der Waals surface area contributed by atoms with Crippen LogP contribution in [0.2, 0.25) is 0 Å². The Kier molecular flexibility index (Phi) is 15.8. The van der Waals surface area contributed by atoms with Crippen LogP contribution in [-0.2, 0) is 24.2 Å². The Bertz CT molecular complexity index is 182. The Hall–Kier alpha value is 0.274. The molecule has 0 unspecified atom stereocenters. The van der Waals surface area contributed by atoms with Crippen molar-refractivity contribution in [1.82, 2.24) is 0 Å². The van der Waals surface area contributed by atoms with E-state index in [-0.39, 0.29) is 0 Å². The summed E-state index contributed by atoms with van der Waals surface area (Å²) in [5.41, 5.74) is 0. The minimum atomic E-state index is -1.92. The number of hydrogen-bond donors (Lipinski definition) is 0. The van der Waals surface area contributed by atoms with Crippen molar-refractivity contribution in [2.75, 3.05) is 7.11 Å². The van der Waals surface area contributed by atoms with Crippen LogP contribution in [0.1, 0.15) is 0 Å². The maximum atomic E-state index is 9.48. The summed E-state index contributed by atoms with van der Waals surface area (Å²) < 4.78 is 4.00. The van der Waals surface area contributed by atoms with Crippen molar-refractivity contribution in [1.29, 1.82) is 0 Å². The van der Waals surface area contributed by atoms with Crippen LogP contribution >= 0.6 is 27.9 Å². The van der Waals surface area contributed by atoms with Gasteiger partial charge in [0.15, 0.2) is 5.97 Å². The first-order chi connectivity index (χ1) is 6.50. The third-order valence-corrected chi connectivity index (χ3v) is 0.783. The molecule has 1 rings (SSSR count). The van der Waals surface area contributed by atoms with Gasteiger partial charge in [0.2, 0.25) is 0 Å². The van der Waals surface area contributed by atoms with E-state index < -0.39 is 20.7 Å². The molecule has 0 fully saturated rings. The Morgan fingerprint density at radius 3 is 1.71 bits per heavy atom. The zero-order valence-electron chi connectivity index (χ0n) is 7.54. The molecule has 0 saturated heterocycles.